The largest absolute Gasteiger partial charge is 0.319 e. The van der Waals surface area contributed by atoms with Gasteiger partial charge in [-0.25, -0.2) is 8.78 Å². The third-order valence-corrected chi connectivity index (χ3v) is 3.09. The molecule has 104 valence electrons. The zero-order valence-corrected chi connectivity index (χ0v) is 11.1. The number of rotatable bonds is 5. The minimum absolute atomic E-state index is 0.154. The van der Waals surface area contributed by atoms with Crippen LogP contribution >= 0.6 is 0 Å². The fourth-order valence-corrected chi connectivity index (χ4v) is 2.01. The third-order valence-electron chi connectivity index (χ3n) is 3.09. The second-order valence-corrected chi connectivity index (χ2v) is 4.47. The van der Waals surface area contributed by atoms with Crippen LogP contribution in [0.2, 0.25) is 0 Å². The van der Waals surface area contributed by atoms with E-state index in [2.05, 4.69) is 5.32 Å². The molecular weight excluding hydrogens is 260 g/mol. The highest BCUT2D eigenvalue weighted by molar-refractivity contribution is 6.09. The highest BCUT2D eigenvalue weighted by Crippen LogP contribution is 2.17. The summed E-state index contributed by atoms with van der Waals surface area (Å²) in [5, 5.41) is 3.02. The number of ketones is 1. The lowest BCUT2D eigenvalue weighted by Crippen LogP contribution is -2.13. The topological polar surface area (TPSA) is 29.1 Å². The van der Waals surface area contributed by atoms with Crippen LogP contribution in [0.5, 0.6) is 0 Å². The average molecular weight is 275 g/mol. The molecule has 2 nitrogen and oxygen atoms in total. The number of likely N-dealkylation sites (N-methyl/N-ethyl adjacent to an activating group) is 1. The summed E-state index contributed by atoms with van der Waals surface area (Å²) in [6.07, 6.45) is 0.697. The Kier molecular flexibility index (Phi) is 4.58. The molecule has 20 heavy (non-hydrogen) atoms. The zero-order chi connectivity index (χ0) is 14.5. The van der Waals surface area contributed by atoms with Crippen LogP contribution in [0.25, 0.3) is 0 Å². The van der Waals surface area contributed by atoms with Crippen LogP contribution in [0.1, 0.15) is 21.5 Å². The molecule has 0 aliphatic carbocycles. The molecule has 2 rings (SSSR count). The lowest BCUT2D eigenvalue weighted by molar-refractivity contribution is 0.103. The van der Waals surface area contributed by atoms with Crippen molar-refractivity contribution in [1.29, 1.82) is 0 Å². The van der Waals surface area contributed by atoms with Gasteiger partial charge in [-0.3, -0.25) is 4.79 Å². The number of hydrogen-bond acceptors (Lipinski definition) is 2. The SMILES string of the molecule is CNCCc1ccccc1C(=O)c1ccc(F)c(F)c1. The van der Waals surface area contributed by atoms with Crippen molar-refractivity contribution in [1.82, 2.24) is 5.32 Å². The predicted octanol–water partition coefficient (Wildman–Crippen LogP) is 2.96. The van der Waals surface area contributed by atoms with Gasteiger partial charge in [0, 0.05) is 11.1 Å². The number of carbonyl (C=O) groups excluding carboxylic acids is 1. The van der Waals surface area contributed by atoms with Gasteiger partial charge < -0.3 is 5.32 Å². The Balaban J connectivity index is 2.35. The van der Waals surface area contributed by atoms with Crippen molar-refractivity contribution in [3.63, 3.8) is 0 Å². The van der Waals surface area contributed by atoms with E-state index in [1.807, 2.05) is 19.2 Å². The Bertz CT molecular complexity index is 626. The molecule has 0 fully saturated rings. The van der Waals surface area contributed by atoms with E-state index in [1.165, 1.54) is 6.07 Å². The van der Waals surface area contributed by atoms with E-state index < -0.39 is 11.6 Å². The predicted molar refractivity (Wildman–Crippen MR) is 73.9 cm³/mol. The molecule has 0 bridgehead atoms. The number of carbonyl (C=O) groups is 1. The van der Waals surface area contributed by atoms with Crippen molar-refractivity contribution >= 4 is 5.78 Å². The van der Waals surface area contributed by atoms with E-state index in [0.29, 0.717) is 12.0 Å². The van der Waals surface area contributed by atoms with Gasteiger partial charge >= 0.3 is 0 Å². The van der Waals surface area contributed by atoms with Gasteiger partial charge in [-0.1, -0.05) is 24.3 Å². The molecule has 0 spiro atoms. The molecule has 0 aliphatic rings. The second kappa shape index (κ2) is 6.39. The molecule has 0 amide bonds. The molecule has 0 aliphatic heterocycles. The van der Waals surface area contributed by atoms with Crippen molar-refractivity contribution in [2.75, 3.05) is 13.6 Å². The van der Waals surface area contributed by atoms with Gasteiger partial charge in [0.1, 0.15) is 0 Å². The molecule has 0 heterocycles. The van der Waals surface area contributed by atoms with Crippen LogP contribution in [-0.4, -0.2) is 19.4 Å². The Morgan fingerprint density at radius 1 is 1.10 bits per heavy atom. The molecule has 0 unspecified atom stereocenters. The van der Waals surface area contributed by atoms with Gasteiger partial charge in [0.25, 0.3) is 0 Å². The summed E-state index contributed by atoms with van der Waals surface area (Å²) in [7, 11) is 1.83. The van der Waals surface area contributed by atoms with Gasteiger partial charge in [-0.05, 0) is 43.8 Å². The molecule has 2 aromatic carbocycles. The quantitative estimate of drug-likeness (QED) is 0.850. The molecule has 4 heteroatoms. The van der Waals surface area contributed by atoms with Gasteiger partial charge in [-0.15, -0.1) is 0 Å². The van der Waals surface area contributed by atoms with E-state index in [-0.39, 0.29) is 11.3 Å². The first-order chi connectivity index (χ1) is 9.63. The number of halogens is 2. The van der Waals surface area contributed by atoms with E-state index in [0.717, 1.165) is 24.2 Å². The van der Waals surface area contributed by atoms with Crippen LogP contribution in [0.15, 0.2) is 42.5 Å². The fourth-order valence-electron chi connectivity index (χ4n) is 2.01. The van der Waals surface area contributed by atoms with Crippen LogP contribution in [-0.2, 0) is 6.42 Å². The summed E-state index contributed by atoms with van der Waals surface area (Å²) < 4.78 is 26.1. The van der Waals surface area contributed by atoms with Gasteiger partial charge in [0.05, 0.1) is 0 Å². The van der Waals surface area contributed by atoms with E-state index >= 15 is 0 Å². The molecule has 0 aromatic heterocycles. The molecule has 1 N–H and O–H groups in total. The summed E-state index contributed by atoms with van der Waals surface area (Å²) in [5.41, 5.74) is 1.56. The number of hydrogen-bond donors (Lipinski definition) is 1. The fraction of sp³-hybridized carbons (Fsp3) is 0.188. The maximum atomic E-state index is 13.2. The second-order valence-electron chi connectivity index (χ2n) is 4.47. The van der Waals surface area contributed by atoms with Crippen molar-refractivity contribution in [3.8, 4) is 0 Å². The maximum Gasteiger partial charge on any atom is 0.193 e. The van der Waals surface area contributed by atoms with E-state index in [4.69, 9.17) is 0 Å². The number of nitrogens with one attached hydrogen (secondary N) is 1. The van der Waals surface area contributed by atoms with Crippen molar-refractivity contribution in [2.45, 2.75) is 6.42 Å². The van der Waals surface area contributed by atoms with Crippen LogP contribution in [0, 0.1) is 11.6 Å². The van der Waals surface area contributed by atoms with Crippen molar-refractivity contribution < 1.29 is 13.6 Å². The van der Waals surface area contributed by atoms with E-state index in [1.54, 1.807) is 12.1 Å². The summed E-state index contributed by atoms with van der Waals surface area (Å²) >= 11 is 0. The molecule has 0 saturated carbocycles. The Morgan fingerprint density at radius 3 is 2.55 bits per heavy atom. The monoisotopic (exact) mass is 275 g/mol. The molecular formula is C16H15F2NO. The van der Waals surface area contributed by atoms with Gasteiger partial charge in [0.2, 0.25) is 0 Å². The Hall–Kier alpha value is -2.07. The highest BCUT2D eigenvalue weighted by Gasteiger charge is 2.14. The van der Waals surface area contributed by atoms with Gasteiger partial charge in [0.15, 0.2) is 17.4 Å². The lowest BCUT2D eigenvalue weighted by atomic mass is 9.96. The van der Waals surface area contributed by atoms with Crippen molar-refractivity contribution in [3.05, 3.63) is 70.8 Å². The van der Waals surface area contributed by atoms with Crippen LogP contribution in [0.3, 0.4) is 0 Å². The normalized spacial score (nSPS) is 10.6. The third kappa shape index (κ3) is 3.08. The first-order valence-electron chi connectivity index (χ1n) is 6.35. The molecule has 0 atom stereocenters. The summed E-state index contributed by atoms with van der Waals surface area (Å²) in [4.78, 5) is 12.4. The standard InChI is InChI=1S/C16H15F2NO/c1-19-9-8-11-4-2-3-5-13(11)16(20)12-6-7-14(17)15(18)10-12/h2-7,10,19H,8-9H2,1H3. The summed E-state index contributed by atoms with van der Waals surface area (Å²) in [5.74, 6) is -2.26. The first-order valence-corrected chi connectivity index (χ1v) is 6.35. The zero-order valence-electron chi connectivity index (χ0n) is 11.1. The van der Waals surface area contributed by atoms with Gasteiger partial charge in [-0.2, -0.15) is 0 Å². The highest BCUT2D eigenvalue weighted by atomic mass is 19.2. The number of benzene rings is 2. The first kappa shape index (κ1) is 14.3. The van der Waals surface area contributed by atoms with Crippen LogP contribution < -0.4 is 5.32 Å². The lowest BCUT2D eigenvalue weighted by Gasteiger charge is -2.08. The van der Waals surface area contributed by atoms with Crippen LogP contribution in [0.4, 0.5) is 8.78 Å². The maximum absolute atomic E-state index is 13.2. The summed E-state index contributed by atoms with van der Waals surface area (Å²) in [6, 6.07) is 10.4. The minimum atomic E-state index is -1.01. The molecule has 0 saturated heterocycles. The Morgan fingerprint density at radius 2 is 1.85 bits per heavy atom. The summed E-state index contributed by atoms with van der Waals surface area (Å²) in [6.45, 7) is 0.738. The average Bonchev–Trinajstić information content (AvgIpc) is 2.47. The minimum Gasteiger partial charge on any atom is -0.319 e. The smallest absolute Gasteiger partial charge is 0.193 e. The molecule has 2 aromatic rings. The van der Waals surface area contributed by atoms with E-state index in [9.17, 15) is 13.6 Å². The van der Waals surface area contributed by atoms with Crippen molar-refractivity contribution in [2.24, 2.45) is 0 Å². The Labute approximate surface area is 116 Å². The molecule has 0 radical (unpaired) electrons.